The number of nitrogens with one attached hydrogen (secondary N) is 1. The lowest BCUT2D eigenvalue weighted by Crippen LogP contribution is -2.16. The molecule has 1 aliphatic rings. The fraction of sp³-hybridized carbons (Fsp3) is 0.421. The zero-order valence-corrected chi connectivity index (χ0v) is 14.2. The first-order valence-electron chi connectivity index (χ1n) is 8.27. The number of benzene rings is 1. The molecule has 1 saturated heterocycles. The van der Waals surface area contributed by atoms with E-state index in [1.165, 1.54) is 23.4 Å². The monoisotopic (exact) mass is 311 g/mol. The van der Waals surface area contributed by atoms with Crippen LogP contribution in [0.1, 0.15) is 35.4 Å². The molecule has 1 aromatic heterocycles. The van der Waals surface area contributed by atoms with E-state index in [1.54, 1.807) is 0 Å². The van der Waals surface area contributed by atoms with Crippen LogP contribution in [-0.4, -0.2) is 23.5 Å². The van der Waals surface area contributed by atoms with Crippen molar-refractivity contribution in [2.24, 2.45) is 5.10 Å². The number of aryl methyl sites for hydroxylation is 2. The lowest BCUT2D eigenvalue weighted by molar-refractivity contribution is 0.0962. The van der Waals surface area contributed by atoms with Crippen molar-refractivity contribution in [3.8, 4) is 0 Å². The fourth-order valence-electron chi connectivity index (χ4n) is 3.04. The van der Waals surface area contributed by atoms with Gasteiger partial charge in [-0.25, -0.2) is 0 Å². The van der Waals surface area contributed by atoms with E-state index in [9.17, 15) is 0 Å². The Hall–Kier alpha value is -2.07. The van der Waals surface area contributed by atoms with E-state index in [-0.39, 0.29) is 0 Å². The van der Waals surface area contributed by atoms with Gasteiger partial charge in [-0.05, 0) is 51.8 Å². The SMILES string of the molecule is Cc1ccc(N/N=C\c2cc(C)n(C[C@@H]3CCCO3)c2C)cc1. The molecule has 1 fully saturated rings. The average Bonchev–Trinajstić information content (AvgIpc) is 3.14. The second-order valence-electron chi connectivity index (χ2n) is 6.31. The van der Waals surface area contributed by atoms with Crippen molar-refractivity contribution < 1.29 is 4.74 Å². The molecular formula is C19H25N3O. The molecule has 0 amide bonds. The number of anilines is 1. The molecule has 0 bridgehead atoms. The predicted molar refractivity (Wildman–Crippen MR) is 95.3 cm³/mol. The van der Waals surface area contributed by atoms with Crippen molar-refractivity contribution >= 4 is 11.9 Å². The molecule has 0 radical (unpaired) electrons. The molecule has 0 aliphatic carbocycles. The fourth-order valence-corrected chi connectivity index (χ4v) is 3.04. The van der Waals surface area contributed by atoms with Gasteiger partial charge in [0.25, 0.3) is 0 Å². The topological polar surface area (TPSA) is 38.5 Å². The lowest BCUT2D eigenvalue weighted by Gasteiger charge is -2.14. The number of hydrogen-bond acceptors (Lipinski definition) is 3. The van der Waals surface area contributed by atoms with Crippen LogP contribution in [0.5, 0.6) is 0 Å². The van der Waals surface area contributed by atoms with E-state index in [0.29, 0.717) is 6.10 Å². The third kappa shape index (κ3) is 3.82. The minimum atomic E-state index is 0.357. The number of rotatable bonds is 5. The molecule has 0 saturated carbocycles. The van der Waals surface area contributed by atoms with Crippen LogP contribution in [0.3, 0.4) is 0 Å². The van der Waals surface area contributed by atoms with E-state index in [1.807, 2.05) is 18.3 Å². The van der Waals surface area contributed by atoms with Crippen LogP contribution in [0, 0.1) is 20.8 Å². The van der Waals surface area contributed by atoms with Crippen molar-refractivity contribution in [1.29, 1.82) is 0 Å². The maximum Gasteiger partial charge on any atom is 0.0754 e. The highest BCUT2D eigenvalue weighted by Crippen LogP contribution is 2.19. The molecule has 122 valence electrons. The molecule has 1 aromatic carbocycles. The molecule has 1 aliphatic heterocycles. The number of aromatic nitrogens is 1. The number of nitrogens with zero attached hydrogens (tertiary/aromatic N) is 2. The average molecular weight is 311 g/mol. The zero-order valence-electron chi connectivity index (χ0n) is 14.2. The highest BCUT2D eigenvalue weighted by Gasteiger charge is 2.18. The predicted octanol–water partition coefficient (Wildman–Crippen LogP) is 4.04. The Morgan fingerprint density at radius 2 is 2.04 bits per heavy atom. The molecule has 0 unspecified atom stereocenters. The minimum Gasteiger partial charge on any atom is -0.376 e. The van der Waals surface area contributed by atoms with Gasteiger partial charge in [0.15, 0.2) is 0 Å². The summed E-state index contributed by atoms with van der Waals surface area (Å²) in [6.07, 6.45) is 4.60. The van der Waals surface area contributed by atoms with Crippen LogP contribution in [0.2, 0.25) is 0 Å². The maximum atomic E-state index is 5.76. The summed E-state index contributed by atoms with van der Waals surface area (Å²) in [6, 6.07) is 10.4. The Labute approximate surface area is 138 Å². The van der Waals surface area contributed by atoms with Gasteiger partial charge >= 0.3 is 0 Å². The van der Waals surface area contributed by atoms with Crippen LogP contribution in [0.25, 0.3) is 0 Å². The van der Waals surface area contributed by atoms with Crippen molar-refractivity contribution in [2.45, 2.75) is 46.3 Å². The van der Waals surface area contributed by atoms with Gasteiger partial charge in [-0.15, -0.1) is 0 Å². The molecular weight excluding hydrogens is 286 g/mol. The van der Waals surface area contributed by atoms with Crippen molar-refractivity contribution in [3.63, 3.8) is 0 Å². The summed E-state index contributed by atoms with van der Waals surface area (Å²) in [6.45, 7) is 8.22. The van der Waals surface area contributed by atoms with Gasteiger partial charge in [-0.3, -0.25) is 5.43 Å². The van der Waals surface area contributed by atoms with Gasteiger partial charge in [-0.2, -0.15) is 5.10 Å². The third-order valence-corrected chi connectivity index (χ3v) is 4.47. The van der Waals surface area contributed by atoms with Gasteiger partial charge in [0.2, 0.25) is 0 Å². The first kappa shape index (κ1) is 15.8. The Bertz CT molecular complexity index is 679. The van der Waals surface area contributed by atoms with Crippen LogP contribution >= 0.6 is 0 Å². The highest BCUT2D eigenvalue weighted by atomic mass is 16.5. The van der Waals surface area contributed by atoms with E-state index in [2.05, 4.69) is 54.1 Å². The molecule has 4 nitrogen and oxygen atoms in total. The first-order chi connectivity index (χ1) is 11.1. The lowest BCUT2D eigenvalue weighted by atomic mass is 10.2. The normalized spacial score (nSPS) is 18.0. The van der Waals surface area contributed by atoms with Gasteiger partial charge in [0, 0.05) is 30.1 Å². The maximum absolute atomic E-state index is 5.76. The van der Waals surface area contributed by atoms with E-state index in [0.717, 1.165) is 30.8 Å². The summed E-state index contributed by atoms with van der Waals surface area (Å²) in [5.74, 6) is 0. The van der Waals surface area contributed by atoms with E-state index >= 15 is 0 Å². The summed E-state index contributed by atoms with van der Waals surface area (Å²) in [7, 11) is 0. The molecule has 0 spiro atoms. The minimum absolute atomic E-state index is 0.357. The summed E-state index contributed by atoms with van der Waals surface area (Å²) >= 11 is 0. The largest absolute Gasteiger partial charge is 0.376 e. The van der Waals surface area contributed by atoms with E-state index < -0.39 is 0 Å². The second kappa shape index (κ2) is 7.01. The van der Waals surface area contributed by atoms with Gasteiger partial charge < -0.3 is 9.30 Å². The summed E-state index contributed by atoms with van der Waals surface area (Å²) in [5, 5.41) is 4.37. The number of ether oxygens (including phenoxy) is 1. The molecule has 4 heteroatoms. The standard InChI is InChI=1S/C19H25N3O/c1-14-6-8-18(9-7-14)21-20-12-17-11-15(2)22(16(17)3)13-19-5-4-10-23-19/h6-9,11-12,19,21H,4-5,10,13H2,1-3H3/b20-12-/t19-/m0/s1. The van der Waals surface area contributed by atoms with Gasteiger partial charge in [-0.1, -0.05) is 17.7 Å². The van der Waals surface area contributed by atoms with Crippen molar-refractivity contribution in [3.05, 3.63) is 52.8 Å². The van der Waals surface area contributed by atoms with Gasteiger partial charge in [0.05, 0.1) is 18.0 Å². The number of hydrazone groups is 1. The zero-order chi connectivity index (χ0) is 16.2. The summed E-state index contributed by atoms with van der Waals surface area (Å²) in [4.78, 5) is 0. The Balaban J connectivity index is 1.67. The molecule has 1 atom stereocenters. The smallest absolute Gasteiger partial charge is 0.0754 e. The molecule has 23 heavy (non-hydrogen) atoms. The van der Waals surface area contributed by atoms with Crippen molar-refractivity contribution in [1.82, 2.24) is 4.57 Å². The Morgan fingerprint density at radius 1 is 1.26 bits per heavy atom. The molecule has 3 rings (SSSR count). The molecule has 1 N–H and O–H groups in total. The van der Waals surface area contributed by atoms with Crippen molar-refractivity contribution in [2.75, 3.05) is 12.0 Å². The summed E-state index contributed by atoms with van der Waals surface area (Å²) in [5.41, 5.74) is 8.99. The summed E-state index contributed by atoms with van der Waals surface area (Å²) < 4.78 is 8.09. The quantitative estimate of drug-likeness (QED) is 0.668. The second-order valence-corrected chi connectivity index (χ2v) is 6.31. The highest BCUT2D eigenvalue weighted by molar-refractivity contribution is 5.82. The van der Waals surface area contributed by atoms with E-state index in [4.69, 9.17) is 4.74 Å². The van der Waals surface area contributed by atoms with Crippen LogP contribution in [0.4, 0.5) is 5.69 Å². The van der Waals surface area contributed by atoms with Crippen LogP contribution < -0.4 is 5.43 Å². The number of hydrogen-bond donors (Lipinski definition) is 1. The van der Waals surface area contributed by atoms with Gasteiger partial charge in [0.1, 0.15) is 0 Å². The van der Waals surface area contributed by atoms with Crippen LogP contribution in [0.15, 0.2) is 35.4 Å². The Kier molecular flexibility index (Phi) is 4.82. The molecule has 2 aromatic rings. The first-order valence-corrected chi connectivity index (χ1v) is 8.27. The molecule has 2 heterocycles. The van der Waals surface area contributed by atoms with Crippen LogP contribution in [-0.2, 0) is 11.3 Å². The third-order valence-electron chi connectivity index (χ3n) is 4.47. The Morgan fingerprint density at radius 3 is 2.74 bits per heavy atom.